The minimum absolute atomic E-state index is 0.0580. The Morgan fingerprint density at radius 1 is 1.00 bits per heavy atom. The molecule has 5 rings (SSSR count). The number of ether oxygens (including phenoxy) is 1. The maximum Gasteiger partial charge on any atom is 0.322 e. The van der Waals surface area contributed by atoms with Crippen LogP contribution in [0.4, 0.5) is 5.82 Å². The van der Waals surface area contributed by atoms with Crippen LogP contribution in [0.3, 0.4) is 0 Å². The molecule has 0 bridgehead atoms. The molecule has 3 heterocycles. The number of aryl methyl sites for hydroxylation is 1. The number of nitrogens with zero attached hydrogens (tertiary/aromatic N) is 4. The van der Waals surface area contributed by atoms with Crippen LogP contribution in [0.2, 0.25) is 0 Å². The molecule has 0 unspecified atom stereocenters. The predicted octanol–water partition coefficient (Wildman–Crippen LogP) is 3.92. The standard InChI is InChI=1S/C31H36N6O4/c1-22-29(31(40)33-21-28(38)39)34-27-14-13-26(35-37(22)27)32-17-8-18-36-19-15-25(16-20-36)41-30(23-9-4-2-5-10-23)24-11-6-3-7-12-24/h2-7,9-14,25,30H,8,15-21H2,1H3,(H,32,35)(H,33,40)(H,38,39). The first kappa shape index (κ1) is 28.3. The number of rotatable bonds is 12. The molecule has 10 heteroatoms. The number of carbonyl (C=O) groups excluding carboxylic acids is 1. The molecule has 10 nitrogen and oxygen atoms in total. The number of fused-ring (bicyclic) bond motifs is 1. The van der Waals surface area contributed by atoms with E-state index in [0.29, 0.717) is 17.2 Å². The minimum atomic E-state index is -1.11. The van der Waals surface area contributed by atoms with Gasteiger partial charge in [-0.05, 0) is 56.0 Å². The number of nitrogens with one attached hydrogen (secondary N) is 2. The van der Waals surface area contributed by atoms with Crippen LogP contribution < -0.4 is 10.6 Å². The first-order valence-electron chi connectivity index (χ1n) is 14.1. The lowest BCUT2D eigenvalue weighted by Crippen LogP contribution is -2.38. The number of hydrogen-bond acceptors (Lipinski definition) is 7. The van der Waals surface area contributed by atoms with E-state index in [-0.39, 0.29) is 17.9 Å². The number of amides is 1. The highest BCUT2D eigenvalue weighted by molar-refractivity contribution is 5.95. The van der Waals surface area contributed by atoms with Gasteiger partial charge in [-0.15, -0.1) is 5.10 Å². The molecule has 41 heavy (non-hydrogen) atoms. The SMILES string of the molecule is Cc1c(C(=O)NCC(=O)O)nc2ccc(NCCCN3CCC(OC(c4ccccc4)c4ccccc4)CC3)nn12. The molecular formula is C31H36N6O4. The average Bonchev–Trinajstić information content (AvgIpc) is 3.34. The van der Waals surface area contributed by atoms with Gasteiger partial charge in [0.15, 0.2) is 11.3 Å². The molecule has 1 aliphatic heterocycles. The van der Waals surface area contributed by atoms with Crippen molar-refractivity contribution in [1.29, 1.82) is 0 Å². The van der Waals surface area contributed by atoms with Gasteiger partial charge in [-0.25, -0.2) is 9.50 Å². The van der Waals surface area contributed by atoms with E-state index in [4.69, 9.17) is 9.84 Å². The highest BCUT2D eigenvalue weighted by Crippen LogP contribution is 2.30. The summed E-state index contributed by atoms with van der Waals surface area (Å²) in [5.41, 5.74) is 3.62. The van der Waals surface area contributed by atoms with Crippen LogP contribution in [0.1, 0.15) is 52.7 Å². The fourth-order valence-electron chi connectivity index (χ4n) is 5.18. The molecule has 214 valence electrons. The van der Waals surface area contributed by atoms with E-state index in [9.17, 15) is 9.59 Å². The number of aliphatic carboxylic acids is 1. The topological polar surface area (TPSA) is 121 Å². The zero-order chi connectivity index (χ0) is 28.6. The second kappa shape index (κ2) is 13.4. The van der Waals surface area contributed by atoms with Crippen LogP contribution in [0.5, 0.6) is 0 Å². The Kier molecular flexibility index (Phi) is 9.22. The summed E-state index contributed by atoms with van der Waals surface area (Å²) in [6, 6.07) is 24.5. The molecule has 0 aliphatic carbocycles. The van der Waals surface area contributed by atoms with Gasteiger partial charge in [0, 0.05) is 19.6 Å². The Bertz CT molecular complexity index is 1410. The van der Waals surface area contributed by atoms with Gasteiger partial charge in [-0.2, -0.15) is 0 Å². The predicted molar refractivity (Wildman–Crippen MR) is 156 cm³/mol. The van der Waals surface area contributed by atoms with E-state index >= 15 is 0 Å². The van der Waals surface area contributed by atoms with Gasteiger partial charge in [-0.1, -0.05) is 60.7 Å². The van der Waals surface area contributed by atoms with Crippen molar-refractivity contribution in [3.05, 3.63) is 95.3 Å². The smallest absolute Gasteiger partial charge is 0.322 e. The van der Waals surface area contributed by atoms with Gasteiger partial charge in [-0.3, -0.25) is 9.59 Å². The van der Waals surface area contributed by atoms with Crippen molar-refractivity contribution in [3.63, 3.8) is 0 Å². The van der Waals surface area contributed by atoms with Crippen LogP contribution in [-0.2, 0) is 9.53 Å². The molecule has 3 N–H and O–H groups in total. The molecule has 1 amide bonds. The third-order valence-corrected chi connectivity index (χ3v) is 7.34. The fourth-order valence-corrected chi connectivity index (χ4v) is 5.18. The minimum Gasteiger partial charge on any atom is -0.480 e. The summed E-state index contributed by atoms with van der Waals surface area (Å²) in [6.07, 6.45) is 3.14. The fraction of sp³-hybridized carbons (Fsp3) is 0.355. The third-order valence-electron chi connectivity index (χ3n) is 7.34. The number of anilines is 1. The largest absolute Gasteiger partial charge is 0.480 e. The van der Waals surface area contributed by atoms with Gasteiger partial charge < -0.3 is 25.4 Å². The van der Waals surface area contributed by atoms with Crippen LogP contribution >= 0.6 is 0 Å². The summed E-state index contributed by atoms with van der Waals surface area (Å²) >= 11 is 0. The number of benzene rings is 2. The van der Waals surface area contributed by atoms with Gasteiger partial charge in [0.25, 0.3) is 5.91 Å². The Hall–Kier alpha value is -4.28. The van der Waals surface area contributed by atoms with E-state index < -0.39 is 18.4 Å². The van der Waals surface area contributed by atoms with Crippen molar-refractivity contribution in [3.8, 4) is 0 Å². The number of likely N-dealkylation sites (tertiary alicyclic amines) is 1. The van der Waals surface area contributed by atoms with Crippen molar-refractivity contribution in [1.82, 2.24) is 24.8 Å². The quantitative estimate of drug-likeness (QED) is 0.225. The number of aromatic nitrogens is 3. The van der Waals surface area contributed by atoms with Crippen molar-refractivity contribution in [2.45, 2.75) is 38.4 Å². The molecule has 0 atom stereocenters. The average molecular weight is 557 g/mol. The Morgan fingerprint density at radius 3 is 2.29 bits per heavy atom. The lowest BCUT2D eigenvalue weighted by Gasteiger charge is -2.34. The number of piperidine rings is 1. The molecule has 0 saturated carbocycles. The molecule has 4 aromatic rings. The van der Waals surface area contributed by atoms with Gasteiger partial charge in [0.2, 0.25) is 0 Å². The molecular weight excluding hydrogens is 520 g/mol. The Morgan fingerprint density at radius 2 is 1.66 bits per heavy atom. The maximum atomic E-state index is 12.3. The number of carboxylic acids is 1. The Labute approximate surface area is 239 Å². The molecule has 2 aromatic carbocycles. The second-order valence-electron chi connectivity index (χ2n) is 10.3. The molecule has 0 radical (unpaired) electrons. The van der Waals surface area contributed by atoms with Crippen molar-refractivity contribution >= 4 is 23.3 Å². The highest BCUT2D eigenvalue weighted by atomic mass is 16.5. The van der Waals surface area contributed by atoms with E-state index in [1.807, 2.05) is 18.2 Å². The van der Waals surface area contributed by atoms with Crippen molar-refractivity contribution < 1.29 is 19.4 Å². The van der Waals surface area contributed by atoms with E-state index in [1.54, 1.807) is 17.5 Å². The van der Waals surface area contributed by atoms with Crippen LogP contribution in [0.15, 0.2) is 72.8 Å². The molecule has 2 aromatic heterocycles. The lowest BCUT2D eigenvalue weighted by atomic mass is 10.00. The first-order chi connectivity index (χ1) is 20.0. The molecule has 0 spiro atoms. The van der Waals surface area contributed by atoms with Crippen molar-refractivity contribution in [2.24, 2.45) is 0 Å². The first-order valence-corrected chi connectivity index (χ1v) is 14.1. The summed E-state index contributed by atoms with van der Waals surface area (Å²) in [6.45, 7) is 5.04. The van der Waals surface area contributed by atoms with Crippen LogP contribution in [0.25, 0.3) is 5.65 Å². The summed E-state index contributed by atoms with van der Waals surface area (Å²) in [4.78, 5) is 29.8. The van der Waals surface area contributed by atoms with E-state index in [2.05, 4.69) is 74.1 Å². The highest BCUT2D eigenvalue weighted by Gasteiger charge is 2.24. The van der Waals surface area contributed by atoms with E-state index in [1.165, 1.54) is 11.1 Å². The number of hydrogen-bond donors (Lipinski definition) is 3. The zero-order valence-corrected chi connectivity index (χ0v) is 23.2. The molecule has 1 aliphatic rings. The summed E-state index contributed by atoms with van der Waals surface area (Å²) in [5, 5.41) is 19.1. The Balaban J connectivity index is 1.08. The molecule has 1 saturated heterocycles. The van der Waals surface area contributed by atoms with Crippen LogP contribution in [-0.4, -0.2) is 75.3 Å². The van der Waals surface area contributed by atoms with Crippen molar-refractivity contribution in [2.75, 3.05) is 38.0 Å². The van der Waals surface area contributed by atoms with Crippen LogP contribution in [0, 0.1) is 6.92 Å². The summed E-state index contributed by atoms with van der Waals surface area (Å²) in [5.74, 6) is -0.952. The molecule has 1 fully saturated rings. The monoisotopic (exact) mass is 556 g/mol. The normalized spacial score (nSPS) is 14.4. The van der Waals surface area contributed by atoms with E-state index in [0.717, 1.165) is 45.4 Å². The number of carboxylic acid groups (broad SMARTS) is 1. The maximum absolute atomic E-state index is 12.3. The summed E-state index contributed by atoms with van der Waals surface area (Å²) in [7, 11) is 0. The van der Waals surface area contributed by atoms with Gasteiger partial charge in [0.1, 0.15) is 18.5 Å². The second-order valence-corrected chi connectivity index (χ2v) is 10.3. The zero-order valence-electron chi connectivity index (χ0n) is 23.2. The lowest BCUT2D eigenvalue weighted by molar-refractivity contribution is -0.135. The van der Waals surface area contributed by atoms with Gasteiger partial charge in [0.05, 0.1) is 11.8 Å². The number of imidazole rings is 1. The number of carbonyl (C=O) groups is 2. The van der Waals surface area contributed by atoms with Gasteiger partial charge >= 0.3 is 5.97 Å². The summed E-state index contributed by atoms with van der Waals surface area (Å²) < 4.78 is 8.27. The third kappa shape index (κ3) is 7.27.